The molecule has 4 rings (SSSR count). The first-order valence-corrected chi connectivity index (χ1v) is 7.81. The summed E-state index contributed by atoms with van der Waals surface area (Å²) in [6, 6.07) is 1.60. The van der Waals surface area contributed by atoms with Crippen LogP contribution >= 0.6 is 11.6 Å². The van der Waals surface area contributed by atoms with E-state index in [-0.39, 0.29) is 0 Å². The van der Waals surface area contributed by atoms with Gasteiger partial charge in [-0.15, -0.1) is 0 Å². The van der Waals surface area contributed by atoms with E-state index >= 15 is 0 Å². The molecule has 0 amide bonds. The van der Waals surface area contributed by atoms with Gasteiger partial charge in [-0.3, -0.25) is 9.58 Å². The molecule has 0 spiro atoms. The fourth-order valence-electron chi connectivity index (χ4n) is 3.79. The van der Waals surface area contributed by atoms with Crippen molar-refractivity contribution >= 4 is 11.6 Å². The molecule has 2 fully saturated rings. The Morgan fingerprint density at radius 2 is 2.05 bits per heavy atom. The number of aryl methyl sites for hydroxylation is 1. The van der Waals surface area contributed by atoms with Crippen LogP contribution in [0.25, 0.3) is 0 Å². The predicted molar refractivity (Wildman–Crippen MR) is 76.9 cm³/mol. The Hall–Kier alpha value is -1.40. The Labute approximate surface area is 128 Å². The second-order valence-electron chi connectivity index (χ2n) is 6.06. The van der Waals surface area contributed by atoms with Crippen molar-refractivity contribution in [3.05, 3.63) is 29.1 Å². The Kier molecular flexibility index (Phi) is 3.23. The van der Waals surface area contributed by atoms with Gasteiger partial charge in [0.05, 0.1) is 23.8 Å². The standard InChI is InChI=1S/C14H18ClN5O/c1-9-17-14(21-18-9)8-19-11-2-3-12(19)5-13(4-11)20-7-10(15)6-16-20/h6-7,11-13H,2-5,8H2,1H3. The molecule has 2 aromatic rings. The molecule has 2 saturated heterocycles. The Bertz CT molecular complexity index is 625. The van der Waals surface area contributed by atoms with E-state index in [0.717, 1.165) is 25.3 Å². The van der Waals surface area contributed by atoms with Crippen LogP contribution in [0.15, 0.2) is 16.9 Å². The fourth-order valence-corrected chi connectivity index (χ4v) is 3.94. The normalized spacial score (nSPS) is 29.1. The minimum Gasteiger partial charge on any atom is -0.338 e. The van der Waals surface area contributed by atoms with Crippen LogP contribution in [0.3, 0.4) is 0 Å². The maximum absolute atomic E-state index is 5.98. The molecule has 0 N–H and O–H groups in total. The number of fused-ring (bicyclic) bond motifs is 2. The van der Waals surface area contributed by atoms with Crippen molar-refractivity contribution in [2.75, 3.05) is 0 Å². The number of halogens is 1. The summed E-state index contributed by atoms with van der Waals surface area (Å²) in [5.74, 6) is 1.43. The molecule has 21 heavy (non-hydrogen) atoms. The topological polar surface area (TPSA) is 60.0 Å². The first-order valence-electron chi connectivity index (χ1n) is 7.43. The van der Waals surface area contributed by atoms with Crippen LogP contribution in [-0.2, 0) is 6.54 Å². The molecule has 2 unspecified atom stereocenters. The van der Waals surface area contributed by atoms with E-state index < -0.39 is 0 Å². The van der Waals surface area contributed by atoms with Gasteiger partial charge in [0, 0.05) is 18.3 Å². The number of aromatic nitrogens is 4. The molecular formula is C14H18ClN5O. The molecule has 0 saturated carbocycles. The van der Waals surface area contributed by atoms with Crippen molar-refractivity contribution in [2.45, 2.75) is 57.3 Å². The third kappa shape index (κ3) is 2.46. The summed E-state index contributed by atoms with van der Waals surface area (Å²) in [4.78, 5) is 6.85. The Balaban J connectivity index is 1.48. The fraction of sp³-hybridized carbons (Fsp3) is 0.643. The zero-order valence-corrected chi connectivity index (χ0v) is 12.7. The van der Waals surface area contributed by atoms with E-state index in [0.29, 0.717) is 29.0 Å². The van der Waals surface area contributed by atoms with E-state index in [2.05, 4.69) is 20.1 Å². The van der Waals surface area contributed by atoms with Crippen LogP contribution in [0.1, 0.15) is 43.4 Å². The average molecular weight is 308 g/mol. The molecule has 4 heterocycles. The minimum absolute atomic E-state index is 0.454. The van der Waals surface area contributed by atoms with Crippen LogP contribution in [0.2, 0.25) is 5.02 Å². The zero-order valence-electron chi connectivity index (χ0n) is 11.9. The van der Waals surface area contributed by atoms with Crippen molar-refractivity contribution in [1.29, 1.82) is 0 Å². The highest BCUT2D eigenvalue weighted by Crippen LogP contribution is 2.41. The summed E-state index contributed by atoms with van der Waals surface area (Å²) >= 11 is 5.98. The zero-order chi connectivity index (χ0) is 14.4. The molecule has 6 nitrogen and oxygen atoms in total. The SMILES string of the molecule is Cc1noc(CN2C3CCC2CC(n2cc(Cl)cn2)C3)n1. The second-order valence-corrected chi connectivity index (χ2v) is 6.49. The second kappa shape index (κ2) is 5.10. The first-order chi connectivity index (χ1) is 10.2. The number of piperidine rings is 1. The largest absolute Gasteiger partial charge is 0.338 e. The molecule has 0 radical (unpaired) electrons. The van der Waals surface area contributed by atoms with Crippen molar-refractivity contribution < 1.29 is 4.52 Å². The summed E-state index contributed by atoms with van der Waals surface area (Å²) in [5, 5.41) is 8.96. The highest BCUT2D eigenvalue weighted by molar-refractivity contribution is 6.30. The maximum atomic E-state index is 5.98. The number of hydrogen-bond donors (Lipinski definition) is 0. The highest BCUT2D eigenvalue weighted by Gasteiger charge is 2.42. The Morgan fingerprint density at radius 1 is 1.29 bits per heavy atom. The van der Waals surface area contributed by atoms with Crippen LogP contribution < -0.4 is 0 Å². The van der Waals surface area contributed by atoms with E-state index in [4.69, 9.17) is 16.1 Å². The van der Waals surface area contributed by atoms with Crippen LogP contribution in [0.4, 0.5) is 0 Å². The van der Waals surface area contributed by atoms with Crippen LogP contribution in [-0.4, -0.2) is 36.9 Å². The van der Waals surface area contributed by atoms with Gasteiger partial charge in [-0.25, -0.2) is 0 Å². The van der Waals surface area contributed by atoms with E-state index in [9.17, 15) is 0 Å². The summed E-state index contributed by atoms with van der Waals surface area (Å²) in [5.41, 5.74) is 0. The van der Waals surface area contributed by atoms with E-state index in [1.165, 1.54) is 12.8 Å². The average Bonchev–Trinajstić information content (AvgIpc) is 3.11. The van der Waals surface area contributed by atoms with Gasteiger partial charge in [0.2, 0.25) is 5.89 Å². The molecule has 0 aromatic carbocycles. The Morgan fingerprint density at radius 3 is 2.62 bits per heavy atom. The van der Waals surface area contributed by atoms with Crippen molar-refractivity contribution in [1.82, 2.24) is 24.8 Å². The lowest BCUT2D eigenvalue weighted by Crippen LogP contribution is -2.43. The van der Waals surface area contributed by atoms with Crippen molar-refractivity contribution in [3.8, 4) is 0 Å². The smallest absolute Gasteiger partial charge is 0.240 e. The third-order valence-corrected chi connectivity index (χ3v) is 4.89. The van der Waals surface area contributed by atoms with Crippen LogP contribution in [0, 0.1) is 6.92 Å². The van der Waals surface area contributed by atoms with Gasteiger partial charge in [0.1, 0.15) is 0 Å². The van der Waals surface area contributed by atoms with E-state index in [1.54, 1.807) is 6.20 Å². The molecular weight excluding hydrogens is 290 g/mol. The lowest BCUT2D eigenvalue weighted by Gasteiger charge is -2.38. The molecule has 2 aliphatic heterocycles. The van der Waals surface area contributed by atoms with Gasteiger partial charge >= 0.3 is 0 Å². The van der Waals surface area contributed by atoms with Gasteiger partial charge in [0.15, 0.2) is 5.82 Å². The molecule has 112 valence electrons. The molecule has 2 atom stereocenters. The van der Waals surface area contributed by atoms with Crippen molar-refractivity contribution in [3.63, 3.8) is 0 Å². The number of hydrogen-bond acceptors (Lipinski definition) is 5. The summed E-state index contributed by atoms with van der Waals surface area (Å²) in [6.45, 7) is 2.62. The summed E-state index contributed by atoms with van der Waals surface area (Å²) < 4.78 is 7.30. The van der Waals surface area contributed by atoms with Gasteiger partial charge in [0.25, 0.3) is 0 Å². The monoisotopic (exact) mass is 307 g/mol. The molecule has 2 bridgehead atoms. The van der Waals surface area contributed by atoms with Gasteiger partial charge in [-0.05, 0) is 32.6 Å². The molecule has 7 heteroatoms. The van der Waals surface area contributed by atoms with Gasteiger partial charge in [-0.2, -0.15) is 10.1 Å². The van der Waals surface area contributed by atoms with E-state index in [1.807, 2.05) is 17.8 Å². The summed E-state index contributed by atoms with van der Waals surface area (Å²) in [6.07, 6.45) is 8.36. The van der Waals surface area contributed by atoms with Gasteiger partial charge < -0.3 is 4.52 Å². The quantitative estimate of drug-likeness (QED) is 0.872. The number of nitrogens with zero attached hydrogens (tertiary/aromatic N) is 5. The van der Waals surface area contributed by atoms with Gasteiger partial charge in [-0.1, -0.05) is 16.8 Å². The molecule has 2 aliphatic rings. The number of rotatable bonds is 3. The van der Waals surface area contributed by atoms with Crippen molar-refractivity contribution in [2.24, 2.45) is 0 Å². The third-order valence-electron chi connectivity index (χ3n) is 4.69. The first kappa shape index (κ1) is 13.3. The maximum Gasteiger partial charge on any atom is 0.240 e. The summed E-state index contributed by atoms with van der Waals surface area (Å²) in [7, 11) is 0. The van der Waals surface area contributed by atoms with Crippen LogP contribution in [0.5, 0.6) is 0 Å². The minimum atomic E-state index is 0.454. The predicted octanol–water partition coefficient (Wildman–Crippen LogP) is 2.60. The lowest BCUT2D eigenvalue weighted by atomic mass is 9.97. The molecule has 2 aromatic heterocycles. The highest BCUT2D eigenvalue weighted by atomic mass is 35.5. The molecule has 0 aliphatic carbocycles. The lowest BCUT2D eigenvalue weighted by molar-refractivity contribution is 0.0838.